The van der Waals surface area contributed by atoms with Gasteiger partial charge in [-0.1, -0.05) is 121 Å². The zero-order valence-electron chi connectivity index (χ0n) is 32.5. The molecule has 0 saturated carbocycles. The molecular weight excluding hydrogens is 731 g/mol. The number of aromatic nitrogens is 3. The number of benzene rings is 9. The Labute approximate surface area is 345 Å². The van der Waals surface area contributed by atoms with Crippen LogP contribution in [0, 0.1) is 0 Å². The van der Waals surface area contributed by atoms with Crippen LogP contribution >= 0.6 is 0 Å². The van der Waals surface area contributed by atoms with Crippen molar-refractivity contribution in [3.8, 4) is 39.3 Å². The van der Waals surface area contributed by atoms with Gasteiger partial charge in [0.1, 0.15) is 5.58 Å². The molecule has 0 aliphatic heterocycles. The number of para-hydroxylation sites is 5. The van der Waals surface area contributed by atoms with Crippen LogP contribution in [0.3, 0.4) is 0 Å². The molecule has 4 nitrogen and oxygen atoms in total. The third-order valence-electron chi connectivity index (χ3n) is 12.4. The lowest BCUT2D eigenvalue weighted by Gasteiger charge is -2.11. The van der Waals surface area contributed by atoms with Crippen molar-refractivity contribution in [2.45, 2.75) is 0 Å². The molecule has 9 aromatic carbocycles. The minimum Gasteiger partial charge on any atom is -0.439 e. The smallest absolute Gasteiger partial charge is 0.213 e. The zero-order chi connectivity index (χ0) is 39.3. The summed E-state index contributed by atoms with van der Waals surface area (Å²) in [5.41, 5.74) is 15.8. The monoisotopic (exact) mass is 765 g/mol. The molecule has 0 unspecified atom stereocenters. The fourth-order valence-corrected chi connectivity index (χ4v) is 9.77. The van der Waals surface area contributed by atoms with Crippen molar-refractivity contribution in [2.24, 2.45) is 0 Å². The molecule has 0 atom stereocenters. The maximum Gasteiger partial charge on any atom is 0.213 e. The number of nitrogens with zero attached hydrogens (tertiary/aromatic N) is 3. The molecule has 13 aromatic rings. The minimum atomic E-state index is 0.870. The Hall–Kier alpha value is -8.08. The average Bonchev–Trinajstić information content (AvgIpc) is 4.05. The van der Waals surface area contributed by atoms with Crippen LogP contribution in [0.5, 0.6) is 0 Å². The van der Waals surface area contributed by atoms with E-state index < -0.39 is 0 Å². The SMILES string of the molecule is c1ccc(-n2c3ccccc3c3cc(-n4c5ccccc5c5cc(-c6cccc(-c7ccc8c(c7)c7c9ccccc9oc7n8-c7ccccc7)c6)ccc54)ccc32)cc1. The van der Waals surface area contributed by atoms with Crippen LogP contribution in [0.4, 0.5) is 0 Å². The molecule has 0 fully saturated rings. The second-order valence-electron chi connectivity index (χ2n) is 15.7. The van der Waals surface area contributed by atoms with Crippen LogP contribution in [0.15, 0.2) is 217 Å². The lowest BCUT2D eigenvalue weighted by Crippen LogP contribution is -1.95. The topological polar surface area (TPSA) is 27.9 Å². The van der Waals surface area contributed by atoms with Gasteiger partial charge in [-0.15, -0.1) is 0 Å². The first kappa shape index (κ1) is 32.9. The van der Waals surface area contributed by atoms with Crippen LogP contribution in [0.25, 0.3) is 116 Å². The van der Waals surface area contributed by atoms with Gasteiger partial charge in [-0.3, -0.25) is 4.57 Å². The summed E-state index contributed by atoms with van der Waals surface area (Å²) in [5, 5.41) is 8.41. The predicted octanol–water partition coefficient (Wildman–Crippen LogP) is 15.1. The van der Waals surface area contributed by atoms with Gasteiger partial charge in [-0.25, -0.2) is 0 Å². The highest BCUT2D eigenvalue weighted by atomic mass is 16.3. The molecule has 13 rings (SSSR count). The zero-order valence-corrected chi connectivity index (χ0v) is 32.5. The molecule has 0 aliphatic rings. The molecule has 4 heterocycles. The third-order valence-corrected chi connectivity index (χ3v) is 12.4. The molecule has 60 heavy (non-hydrogen) atoms. The first-order valence-electron chi connectivity index (χ1n) is 20.5. The summed E-state index contributed by atoms with van der Waals surface area (Å²) in [7, 11) is 0. The van der Waals surface area contributed by atoms with Crippen LogP contribution in [0.2, 0.25) is 0 Å². The molecule has 0 radical (unpaired) electrons. The molecule has 0 aliphatic carbocycles. The van der Waals surface area contributed by atoms with Gasteiger partial charge in [0.05, 0.1) is 33.0 Å². The molecule has 0 N–H and O–H groups in total. The van der Waals surface area contributed by atoms with Crippen molar-refractivity contribution in [1.82, 2.24) is 13.7 Å². The molecule has 280 valence electrons. The minimum absolute atomic E-state index is 0.870. The van der Waals surface area contributed by atoms with E-state index in [1.807, 2.05) is 6.07 Å². The molecule has 0 amide bonds. The summed E-state index contributed by atoms with van der Waals surface area (Å²) in [6, 6.07) is 76.7. The van der Waals surface area contributed by atoms with Gasteiger partial charge < -0.3 is 13.6 Å². The van der Waals surface area contributed by atoms with E-state index in [1.165, 1.54) is 71.3 Å². The number of hydrogen-bond donors (Lipinski definition) is 0. The second kappa shape index (κ2) is 12.7. The lowest BCUT2D eigenvalue weighted by atomic mass is 9.97. The number of rotatable bonds is 5. The molecule has 0 spiro atoms. The molecule has 4 aromatic heterocycles. The van der Waals surface area contributed by atoms with E-state index in [2.05, 4.69) is 220 Å². The Balaban J connectivity index is 0.944. The molecule has 0 saturated heterocycles. The standard InChI is InChI=1S/C56H35N3O/c1-3-16-40(17-4-1)57-49-23-10-8-21-44(49)47-35-42(28-31-52(47)57)58-50-24-11-7-20-43(50)46-33-38(26-29-51(46)58)36-14-13-15-37(32-36)39-27-30-53-48(34-39)55-45-22-9-12-25-54(45)60-56(55)59(53)41-18-5-2-6-19-41/h1-35H. The van der Waals surface area contributed by atoms with Crippen molar-refractivity contribution in [1.29, 1.82) is 0 Å². The van der Waals surface area contributed by atoms with E-state index in [9.17, 15) is 0 Å². The van der Waals surface area contributed by atoms with E-state index in [-0.39, 0.29) is 0 Å². The Kier molecular flexibility index (Phi) is 6.98. The van der Waals surface area contributed by atoms with Crippen LogP contribution < -0.4 is 0 Å². The average molecular weight is 766 g/mol. The predicted molar refractivity (Wildman–Crippen MR) is 250 cm³/mol. The van der Waals surface area contributed by atoms with Crippen molar-refractivity contribution in [3.63, 3.8) is 0 Å². The van der Waals surface area contributed by atoms with E-state index in [0.29, 0.717) is 0 Å². The van der Waals surface area contributed by atoms with E-state index in [4.69, 9.17) is 4.42 Å². The van der Waals surface area contributed by atoms with Crippen molar-refractivity contribution >= 4 is 76.6 Å². The van der Waals surface area contributed by atoms with Gasteiger partial charge in [0, 0.05) is 49.4 Å². The van der Waals surface area contributed by atoms with Crippen molar-refractivity contribution in [3.05, 3.63) is 212 Å². The first-order valence-corrected chi connectivity index (χ1v) is 20.5. The summed E-state index contributed by atoms with van der Waals surface area (Å²) in [4.78, 5) is 0. The Morgan fingerprint density at radius 3 is 1.40 bits per heavy atom. The normalized spacial score (nSPS) is 12.0. The van der Waals surface area contributed by atoms with Crippen molar-refractivity contribution < 1.29 is 4.42 Å². The third kappa shape index (κ3) is 4.79. The second-order valence-corrected chi connectivity index (χ2v) is 15.7. The van der Waals surface area contributed by atoms with Crippen LogP contribution in [0.1, 0.15) is 0 Å². The Bertz CT molecular complexity index is 3820. The van der Waals surface area contributed by atoms with Crippen molar-refractivity contribution in [2.75, 3.05) is 0 Å². The fraction of sp³-hybridized carbons (Fsp3) is 0. The van der Waals surface area contributed by atoms with Gasteiger partial charge >= 0.3 is 0 Å². The summed E-state index contributed by atoms with van der Waals surface area (Å²) in [6.07, 6.45) is 0. The Morgan fingerprint density at radius 2 is 0.733 bits per heavy atom. The molecular formula is C56H35N3O. The number of furan rings is 1. The van der Waals surface area contributed by atoms with Gasteiger partial charge in [0.2, 0.25) is 5.71 Å². The van der Waals surface area contributed by atoms with Crippen LogP contribution in [-0.4, -0.2) is 13.7 Å². The Morgan fingerprint density at radius 1 is 0.267 bits per heavy atom. The maximum absolute atomic E-state index is 6.55. The molecule has 0 bridgehead atoms. The highest BCUT2D eigenvalue weighted by Gasteiger charge is 2.21. The first-order chi connectivity index (χ1) is 29.8. The van der Waals surface area contributed by atoms with Gasteiger partial charge in [0.15, 0.2) is 0 Å². The van der Waals surface area contributed by atoms with Gasteiger partial charge in [-0.05, 0) is 113 Å². The summed E-state index contributed by atoms with van der Waals surface area (Å²) >= 11 is 0. The quantitative estimate of drug-likeness (QED) is 0.171. The maximum atomic E-state index is 6.55. The van der Waals surface area contributed by atoms with E-state index >= 15 is 0 Å². The summed E-state index contributed by atoms with van der Waals surface area (Å²) in [6.45, 7) is 0. The van der Waals surface area contributed by atoms with Crippen LogP contribution in [-0.2, 0) is 0 Å². The summed E-state index contributed by atoms with van der Waals surface area (Å²) < 4.78 is 13.6. The van der Waals surface area contributed by atoms with E-state index in [0.717, 1.165) is 44.6 Å². The summed E-state index contributed by atoms with van der Waals surface area (Å²) in [5.74, 6) is 0. The number of hydrogen-bond acceptors (Lipinski definition) is 1. The lowest BCUT2D eigenvalue weighted by molar-refractivity contribution is 0.645. The highest BCUT2D eigenvalue weighted by molar-refractivity contribution is 6.20. The fourth-order valence-electron chi connectivity index (χ4n) is 9.77. The molecule has 4 heteroatoms. The number of fused-ring (bicyclic) bond motifs is 11. The van der Waals surface area contributed by atoms with E-state index in [1.54, 1.807) is 0 Å². The van der Waals surface area contributed by atoms with Gasteiger partial charge in [-0.2, -0.15) is 0 Å². The highest BCUT2D eigenvalue weighted by Crippen LogP contribution is 2.42. The van der Waals surface area contributed by atoms with Gasteiger partial charge in [0.25, 0.3) is 0 Å². The largest absolute Gasteiger partial charge is 0.439 e.